The number of ether oxygens (including phenoxy) is 1. The number of hydrogen-bond acceptors (Lipinski definition) is 6. The Kier molecular flexibility index (Phi) is 4.98. The summed E-state index contributed by atoms with van der Waals surface area (Å²) in [6.07, 6.45) is -2.92. The molecule has 27 heavy (non-hydrogen) atoms. The largest absolute Gasteiger partial charge is 0.477 e. The molecule has 2 N–H and O–H groups in total. The summed E-state index contributed by atoms with van der Waals surface area (Å²) in [7, 11) is 1.30. The molecule has 0 unspecified atom stereocenters. The number of alkyl halides is 2. The first-order chi connectivity index (χ1) is 12.8. The van der Waals surface area contributed by atoms with Crippen molar-refractivity contribution >= 4 is 17.0 Å². The Labute approximate surface area is 151 Å². The zero-order valence-electron chi connectivity index (χ0n) is 14.7. The lowest BCUT2D eigenvalue weighted by Gasteiger charge is -2.18. The molecule has 0 aliphatic carbocycles. The second kappa shape index (κ2) is 7.22. The Morgan fingerprint density at radius 2 is 1.89 bits per heavy atom. The lowest BCUT2D eigenvalue weighted by Crippen LogP contribution is -2.16. The van der Waals surface area contributed by atoms with E-state index in [1.54, 1.807) is 13.8 Å². The first-order valence-electron chi connectivity index (χ1n) is 7.97. The van der Waals surface area contributed by atoms with Gasteiger partial charge in [0.25, 0.3) is 12.3 Å². The predicted molar refractivity (Wildman–Crippen MR) is 92.6 cm³/mol. The molecule has 1 atom stereocenters. The topological polar surface area (TPSA) is 92.8 Å². The van der Waals surface area contributed by atoms with Gasteiger partial charge >= 0.3 is 5.56 Å². The van der Waals surface area contributed by atoms with Crippen LogP contribution in [0.15, 0.2) is 23.0 Å². The zero-order chi connectivity index (χ0) is 19.7. The molecule has 0 amide bonds. The molecule has 0 spiro atoms. The van der Waals surface area contributed by atoms with Crippen LogP contribution in [0.2, 0.25) is 0 Å². The van der Waals surface area contributed by atoms with E-state index in [1.807, 2.05) is 0 Å². The maximum absolute atomic E-state index is 14.4. The monoisotopic (exact) mass is 379 g/mol. The molecule has 0 bridgehead atoms. The Morgan fingerprint density at radius 3 is 2.56 bits per heavy atom. The summed E-state index contributed by atoms with van der Waals surface area (Å²) >= 11 is 0. The Hall–Kier alpha value is -3.17. The van der Waals surface area contributed by atoms with Crippen LogP contribution in [0.25, 0.3) is 11.2 Å². The normalized spacial score (nSPS) is 12.4. The van der Waals surface area contributed by atoms with E-state index >= 15 is 0 Å². The Bertz CT molecular complexity index is 1050. The number of aromatic amines is 1. The van der Waals surface area contributed by atoms with Crippen molar-refractivity contribution in [2.75, 3.05) is 12.4 Å². The number of fused-ring (bicyclic) bond motifs is 1. The highest BCUT2D eigenvalue weighted by Gasteiger charge is 2.21. The lowest BCUT2D eigenvalue weighted by atomic mass is 10.0. The third kappa shape index (κ3) is 3.55. The number of anilines is 1. The van der Waals surface area contributed by atoms with Crippen molar-refractivity contribution in [2.24, 2.45) is 0 Å². The molecule has 3 rings (SSSR count). The second-order valence-electron chi connectivity index (χ2n) is 5.81. The number of nitrogens with one attached hydrogen (secondary N) is 2. The summed E-state index contributed by atoms with van der Waals surface area (Å²) < 4.78 is 45.1. The van der Waals surface area contributed by atoms with Crippen molar-refractivity contribution in [3.05, 3.63) is 51.3 Å². The second-order valence-corrected chi connectivity index (χ2v) is 5.81. The molecule has 10 heteroatoms. The molecule has 0 radical (unpaired) electrons. The molecule has 7 nitrogen and oxygen atoms in total. The van der Waals surface area contributed by atoms with Crippen LogP contribution in [0, 0.1) is 12.7 Å². The number of aromatic nitrogens is 4. The fourth-order valence-electron chi connectivity index (χ4n) is 2.66. The molecule has 0 saturated heterocycles. The summed E-state index contributed by atoms with van der Waals surface area (Å²) in [5.74, 6) is -0.606. The first-order valence-corrected chi connectivity index (χ1v) is 7.97. The molecular weight excluding hydrogens is 363 g/mol. The van der Waals surface area contributed by atoms with Gasteiger partial charge in [0, 0.05) is 5.56 Å². The van der Waals surface area contributed by atoms with Gasteiger partial charge < -0.3 is 15.0 Å². The predicted octanol–water partition coefficient (Wildman–Crippen LogP) is 3.28. The molecule has 0 fully saturated rings. The van der Waals surface area contributed by atoms with Crippen LogP contribution in [0.3, 0.4) is 0 Å². The quantitative estimate of drug-likeness (QED) is 0.707. The van der Waals surface area contributed by atoms with Gasteiger partial charge in [0.2, 0.25) is 0 Å². The van der Waals surface area contributed by atoms with Crippen molar-refractivity contribution in [2.45, 2.75) is 26.3 Å². The van der Waals surface area contributed by atoms with E-state index in [2.05, 4.69) is 25.3 Å². The van der Waals surface area contributed by atoms with Gasteiger partial charge in [-0.25, -0.2) is 23.1 Å². The van der Waals surface area contributed by atoms with Gasteiger partial charge in [-0.3, -0.25) is 4.79 Å². The highest BCUT2D eigenvalue weighted by Crippen LogP contribution is 2.29. The summed E-state index contributed by atoms with van der Waals surface area (Å²) in [6.45, 7) is 3.21. The van der Waals surface area contributed by atoms with Crippen LogP contribution < -0.4 is 15.6 Å². The first kappa shape index (κ1) is 18.6. The molecule has 1 aromatic carbocycles. The highest BCUT2D eigenvalue weighted by atomic mass is 19.3. The third-order valence-electron chi connectivity index (χ3n) is 3.95. The Morgan fingerprint density at radius 1 is 1.19 bits per heavy atom. The molecule has 3 aromatic rings. The van der Waals surface area contributed by atoms with Crippen LogP contribution in [0.5, 0.6) is 5.88 Å². The van der Waals surface area contributed by atoms with E-state index < -0.39 is 29.4 Å². The minimum Gasteiger partial charge on any atom is -0.477 e. The highest BCUT2D eigenvalue weighted by molar-refractivity contribution is 5.82. The van der Waals surface area contributed by atoms with Crippen molar-refractivity contribution in [1.82, 2.24) is 19.9 Å². The van der Waals surface area contributed by atoms with Crippen molar-refractivity contribution in [3.8, 4) is 5.88 Å². The van der Waals surface area contributed by atoms with Crippen LogP contribution in [-0.2, 0) is 0 Å². The minimum atomic E-state index is -2.92. The number of benzene rings is 1. The van der Waals surface area contributed by atoms with Crippen molar-refractivity contribution < 1.29 is 17.9 Å². The number of rotatable bonds is 5. The summed E-state index contributed by atoms with van der Waals surface area (Å²) in [5.41, 5.74) is -0.844. The number of methoxy groups -OCH3 is 1. The number of nitrogens with zero attached hydrogens (tertiary/aromatic N) is 3. The smallest absolute Gasteiger partial charge is 0.311 e. The molecular formula is C17H16F3N5O2. The molecule has 0 saturated carbocycles. The molecule has 2 aromatic heterocycles. The van der Waals surface area contributed by atoms with E-state index in [1.165, 1.54) is 19.2 Å². The summed E-state index contributed by atoms with van der Waals surface area (Å²) in [4.78, 5) is 26.9. The fraction of sp³-hybridized carbons (Fsp3) is 0.294. The maximum atomic E-state index is 14.4. The average molecular weight is 379 g/mol. The molecule has 0 aliphatic rings. The maximum Gasteiger partial charge on any atom is 0.311 e. The van der Waals surface area contributed by atoms with Crippen molar-refractivity contribution in [1.29, 1.82) is 0 Å². The third-order valence-corrected chi connectivity index (χ3v) is 3.95. The molecule has 142 valence electrons. The minimum absolute atomic E-state index is 0.0426. The van der Waals surface area contributed by atoms with Crippen molar-refractivity contribution in [3.63, 3.8) is 0 Å². The van der Waals surface area contributed by atoms with Gasteiger partial charge in [0.15, 0.2) is 11.5 Å². The summed E-state index contributed by atoms with van der Waals surface area (Å²) in [6, 6.07) is 3.08. The van der Waals surface area contributed by atoms with Gasteiger partial charge in [-0.1, -0.05) is 18.2 Å². The van der Waals surface area contributed by atoms with E-state index in [9.17, 15) is 18.0 Å². The van der Waals surface area contributed by atoms with Crippen LogP contribution in [-0.4, -0.2) is 27.0 Å². The van der Waals surface area contributed by atoms with Crippen LogP contribution in [0.1, 0.15) is 36.3 Å². The van der Waals surface area contributed by atoms with Gasteiger partial charge in [0.1, 0.15) is 17.2 Å². The van der Waals surface area contributed by atoms with E-state index in [0.717, 1.165) is 6.07 Å². The molecule has 2 heterocycles. The fourth-order valence-corrected chi connectivity index (χ4v) is 2.66. The standard InChI is InChI=1S/C17H16F3N5O2/c1-7(9-5-4-6-10(11(9)18)13(19)20)21-14-12-15(23-8(2)22-14)25-17(27-3)16(26)24-12/h4-7,13H,1-3H3,(H,24,26)(H,21,22,23,25)/t7-/m1/s1. The van der Waals surface area contributed by atoms with E-state index in [0.29, 0.717) is 5.82 Å². The summed E-state index contributed by atoms with van der Waals surface area (Å²) in [5, 5.41) is 2.93. The SMILES string of the molecule is COc1nc2nc(C)nc(N[C@H](C)c3cccc(C(F)F)c3F)c2[nH]c1=O. The van der Waals surface area contributed by atoms with Crippen LogP contribution >= 0.6 is 0 Å². The average Bonchev–Trinajstić information content (AvgIpc) is 2.61. The number of hydrogen-bond donors (Lipinski definition) is 2. The van der Waals surface area contributed by atoms with Crippen LogP contribution in [0.4, 0.5) is 19.0 Å². The number of H-pyrrole nitrogens is 1. The molecule has 0 aliphatic heterocycles. The van der Waals surface area contributed by atoms with E-state index in [-0.39, 0.29) is 28.4 Å². The van der Waals surface area contributed by atoms with Gasteiger partial charge in [0.05, 0.1) is 18.7 Å². The number of halogens is 3. The van der Waals surface area contributed by atoms with Gasteiger partial charge in [-0.05, 0) is 13.8 Å². The Balaban J connectivity index is 2.05. The van der Waals surface area contributed by atoms with E-state index in [4.69, 9.17) is 4.74 Å². The van der Waals surface area contributed by atoms with Gasteiger partial charge in [-0.15, -0.1) is 0 Å². The number of aryl methyl sites for hydroxylation is 1. The lowest BCUT2D eigenvalue weighted by molar-refractivity contribution is 0.146. The van der Waals surface area contributed by atoms with Gasteiger partial charge in [-0.2, -0.15) is 4.98 Å². The zero-order valence-corrected chi connectivity index (χ0v) is 14.7.